The van der Waals surface area contributed by atoms with E-state index in [4.69, 9.17) is 28.9 Å². The molecule has 0 heterocycles. The van der Waals surface area contributed by atoms with Crippen LogP contribution in [0.3, 0.4) is 0 Å². The SMILES string of the molecule is CC(N)CCC(Cl)C(C)Cl. The highest BCUT2D eigenvalue weighted by Crippen LogP contribution is 2.15. The second-order valence-corrected chi connectivity index (χ2v) is 4.00. The molecule has 0 rings (SSSR count). The van der Waals surface area contributed by atoms with E-state index in [1.165, 1.54) is 0 Å². The molecular weight excluding hydrogens is 169 g/mol. The molecule has 0 aromatic heterocycles. The Kier molecular flexibility index (Phi) is 5.51. The van der Waals surface area contributed by atoms with E-state index >= 15 is 0 Å². The molecule has 3 heteroatoms. The molecule has 3 unspecified atom stereocenters. The summed E-state index contributed by atoms with van der Waals surface area (Å²) in [6.07, 6.45) is 1.86. The number of halogens is 2. The van der Waals surface area contributed by atoms with Crippen molar-refractivity contribution in [3.63, 3.8) is 0 Å². The number of nitrogens with two attached hydrogens (primary N) is 1. The Bertz CT molecular complexity index is 83.7. The van der Waals surface area contributed by atoms with Crippen molar-refractivity contribution in [2.45, 2.75) is 43.5 Å². The van der Waals surface area contributed by atoms with Crippen molar-refractivity contribution in [2.24, 2.45) is 5.73 Å². The van der Waals surface area contributed by atoms with Gasteiger partial charge in [0.25, 0.3) is 0 Å². The van der Waals surface area contributed by atoms with Crippen molar-refractivity contribution in [3.8, 4) is 0 Å². The van der Waals surface area contributed by atoms with E-state index in [-0.39, 0.29) is 16.8 Å². The van der Waals surface area contributed by atoms with Crippen LogP contribution in [0, 0.1) is 0 Å². The van der Waals surface area contributed by atoms with Gasteiger partial charge in [-0.15, -0.1) is 23.2 Å². The van der Waals surface area contributed by atoms with Crippen LogP contribution in [0.2, 0.25) is 0 Å². The molecule has 0 saturated carbocycles. The van der Waals surface area contributed by atoms with E-state index in [0.29, 0.717) is 0 Å². The van der Waals surface area contributed by atoms with Gasteiger partial charge in [0.15, 0.2) is 0 Å². The minimum Gasteiger partial charge on any atom is -0.328 e. The van der Waals surface area contributed by atoms with E-state index in [2.05, 4.69) is 0 Å². The molecule has 0 saturated heterocycles. The van der Waals surface area contributed by atoms with Crippen molar-refractivity contribution >= 4 is 23.2 Å². The summed E-state index contributed by atoms with van der Waals surface area (Å²) in [5, 5.41) is 0.105. The minimum absolute atomic E-state index is 0.0421. The molecule has 0 aliphatic rings. The molecule has 0 amide bonds. The van der Waals surface area contributed by atoms with Gasteiger partial charge < -0.3 is 5.73 Å². The standard InChI is InChI=1S/C7H15Cl2N/c1-5(10)3-4-7(9)6(2)8/h5-7H,3-4,10H2,1-2H3. The van der Waals surface area contributed by atoms with Crippen molar-refractivity contribution in [2.75, 3.05) is 0 Å². The van der Waals surface area contributed by atoms with Gasteiger partial charge in [0.1, 0.15) is 0 Å². The van der Waals surface area contributed by atoms with E-state index < -0.39 is 0 Å². The fourth-order valence-electron chi connectivity index (χ4n) is 0.652. The predicted octanol–water partition coefficient (Wildman–Crippen LogP) is 2.35. The third kappa shape index (κ3) is 5.33. The summed E-state index contributed by atoms with van der Waals surface area (Å²) in [5.74, 6) is 0. The third-order valence-corrected chi connectivity index (χ3v) is 2.43. The Labute approximate surface area is 72.9 Å². The highest BCUT2D eigenvalue weighted by atomic mass is 35.5. The summed E-state index contributed by atoms with van der Waals surface area (Å²) in [4.78, 5) is 0. The van der Waals surface area contributed by atoms with Crippen molar-refractivity contribution in [1.29, 1.82) is 0 Å². The molecule has 0 aromatic carbocycles. The van der Waals surface area contributed by atoms with Gasteiger partial charge in [-0.25, -0.2) is 0 Å². The number of rotatable bonds is 4. The first-order valence-corrected chi connectivity index (χ1v) is 4.45. The van der Waals surface area contributed by atoms with Crippen LogP contribution in [-0.4, -0.2) is 16.8 Å². The lowest BCUT2D eigenvalue weighted by atomic mass is 10.1. The Hall–Kier alpha value is 0.540. The van der Waals surface area contributed by atoms with Gasteiger partial charge in [-0.1, -0.05) is 0 Å². The number of hydrogen-bond acceptors (Lipinski definition) is 1. The monoisotopic (exact) mass is 183 g/mol. The zero-order chi connectivity index (χ0) is 8.15. The highest BCUT2D eigenvalue weighted by Gasteiger charge is 2.11. The molecule has 10 heavy (non-hydrogen) atoms. The first-order valence-electron chi connectivity index (χ1n) is 3.57. The summed E-state index contributed by atoms with van der Waals surface area (Å²) >= 11 is 11.6. The fraction of sp³-hybridized carbons (Fsp3) is 1.00. The van der Waals surface area contributed by atoms with Gasteiger partial charge in [-0.3, -0.25) is 0 Å². The fourth-order valence-corrected chi connectivity index (χ4v) is 0.904. The van der Waals surface area contributed by atoms with Gasteiger partial charge >= 0.3 is 0 Å². The molecular formula is C7H15Cl2N. The van der Waals surface area contributed by atoms with Crippen molar-refractivity contribution in [1.82, 2.24) is 0 Å². The Balaban J connectivity index is 3.30. The normalized spacial score (nSPS) is 20.1. The van der Waals surface area contributed by atoms with E-state index in [1.54, 1.807) is 0 Å². The molecule has 3 atom stereocenters. The number of hydrogen-bond donors (Lipinski definition) is 1. The third-order valence-electron chi connectivity index (χ3n) is 1.40. The molecule has 0 aliphatic heterocycles. The molecule has 0 radical (unpaired) electrons. The maximum Gasteiger partial charge on any atom is 0.0497 e. The average molecular weight is 184 g/mol. The predicted molar refractivity (Wildman–Crippen MR) is 47.8 cm³/mol. The highest BCUT2D eigenvalue weighted by molar-refractivity contribution is 6.29. The summed E-state index contributed by atoms with van der Waals surface area (Å²) in [7, 11) is 0. The van der Waals surface area contributed by atoms with Gasteiger partial charge in [-0.2, -0.15) is 0 Å². The first-order chi connectivity index (χ1) is 4.54. The van der Waals surface area contributed by atoms with Crippen molar-refractivity contribution < 1.29 is 0 Å². The van der Waals surface area contributed by atoms with Crippen LogP contribution < -0.4 is 5.73 Å². The van der Waals surface area contributed by atoms with E-state index in [9.17, 15) is 0 Å². The number of alkyl halides is 2. The lowest BCUT2D eigenvalue weighted by molar-refractivity contribution is 0.599. The second kappa shape index (κ2) is 5.22. The Morgan fingerprint density at radius 3 is 2.00 bits per heavy atom. The topological polar surface area (TPSA) is 26.0 Å². The maximum atomic E-state index is 5.87. The lowest BCUT2D eigenvalue weighted by Gasteiger charge is -2.12. The van der Waals surface area contributed by atoms with Crippen LogP contribution in [0.5, 0.6) is 0 Å². The van der Waals surface area contributed by atoms with Gasteiger partial charge in [0.2, 0.25) is 0 Å². The van der Waals surface area contributed by atoms with Gasteiger partial charge in [0, 0.05) is 16.8 Å². The second-order valence-electron chi connectivity index (χ2n) is 2.75. The molecule has 0 fully saturated rings. The minimum atomic E-state index is 0.0421. The zero-order valence-electron chi connectivity index (χ0n) is 6.48. The van der Waals surface area contributed by atoms with Crippen LogP contribution in [-0.2, 0) is 0 Å². The average Bonchev–Trinajstić information content (AvgIpc) is 1.82. The first kappa shape index (κ1) is 10.5. The molecule has 0 aromatic rings. The summed E-state index contributed by atoms with van der Waals surface area (Å²) in [6, 6.07) is 0.233. The summed E-state index contributed by atoms with van der Waals surface area (Å²) in [5.41, 5.74) is 5.54. The quantitative estimate of drug-likeness (QED) is 0.666. The van der Waals surface area contributed by atoms with Crippen LogP contribution in [0.4, 0.5) is 0 Å². The van der Waals surface area contributed by atoms with E-state index in [1.807, 2.05) is 13.8 Å². The van der Waals surface area contributed by atoms with Crippen LogP contribution in [0.1, 0.15) is 26.7 Å². The summed E-state index contributed by atoms with van der Waals surface area (Å²) in [6.45, 7) is 3.88. The molecule has 0 bridgehead atoms. The Morgan fingerprint density at radius 2 is 1.70 bits per heavy atom. The Morgan fingerprint density at radius 1 is 1.20 bits per heavy atom. The van der Waals surface area contributed by atoms with Crippen LogP contribution >= 0.6 is 23.2 Å². The maximum absolute atomic E-state index is 5.87. The van der Waals surface area contributed by atoms with Gasteiger partial charge in [-0.05, 0) is 26.7 Å². The largest absolute Gasteiger partial charge is 0.328 e. The molecule has 1 nitrogen and oxygen atoms in total. The molecule has 0 spiro atoms. The summed E-state index contributed by atoms with van der Waals surface area (Å²) < 4.78 is 0. The zero-order valence-corrected chi connectivity index (χ0v) is 7.99. The lowest BCUT2D eigenvalue weighted by Crippen LogP contribution is -2.19. The molecule has 2 N–H and O–H groups in total. The molecule has 62 valence electrons. The van der Waals surface area contributed by atoms with Gasteiger partial charge in [0.05, 0.1) is 0 Å². The van der Waals surface area contributed by atoms with E-state index in [0.717, 1.165) is 12.8 Å². The van der Waals surface area contributed by atoms with Crippen LogP contribution in [0.15, 0.2) is 0 Å². The molecule has 0 aliphatic carbocycles. The smallest absolute Gasteiger partial charge is 0.0497 e. The van der Waals surface area contributed by atoms with Crippen LogP contribution in [0.25, 0.3) is 0 Å². The van der Waals surface area contributed by atoms with Crippen molar-refractivity contribution in [3.05, 3.63) is 0 Å².